The molecule has 0 aliphatic rings. The second-order valence-corrected chi connectivity index (χ2v) is 7.96. The van der Waals surface area contributed by atoms with Crippen LogP contribution < -0.4 is 21.3 Å². The summed E-state index contributed by atoms with van der Waals surface area (Å²) in [5, 5.41) is 11.8. The standard InChI is InChI=1S/C22H18ClF4N7O3/c1-33-18-17(23)16(37-15(7-28)13-3-2-12(24)8-29-13)9-30-19(18)32-21(33)31-14-6-11(22(25,26)27)10-34(4-5-35)20(14)36/h2-3,6-10,35H,4-5,28H2,1H3,(H,30,31,32). The van der Waals surface area contributed by atoms with Gasteiger partial charge in [-0.15, -0.1) is 0 Å². The predicted octanol–water partition coefficient (Wildman–Crippen LogP) is 3.41. The summed E-state index contributed by atoms with van der Waals surface area (Å²) in [7, 11) is 1.50. The van der Waals surface area contributed by atoms with Crippen molar-refractivity contribution in [3.63, 3.8) is 0 Å². The third-order valence-corrected chi connectivity index (χ3v) is 5.52. The highest BCUT2D eigenvalue weighted by Gasteiger charge is 2.32. The van der Waals surface area contributed by atoms with Crippen LogP contribution in [-0.2, 0) is 19.8 Å². The van der Waals surface area contributed by atoms with Gasteiger partial charge >= 0.3 is 6.18 Å². The summed E-state index contributed by atoms with van der Waals surface area (Å²) in [6.45, 7) is -0.879. The zero-order chi connectivity index (χ0) is 26.9. The van der Waals surface area contributed by atoms with Gasteiger partial charge in [-0.3, -0.25) is 4.79 Å². The number of rotatable bonds is 7. The quantitative estimate of drug-likeness (QED) is 0.240. The molecule has 0 aromatic carbocycles. The molecule has 15 heteroatoms. The van der Waals surface area contributed by atoms with Gasteiger partial charge in [0.15, 0.2) is 17.2 Å². The molecule has 194 valence electrons. The number of ether oxygens (including phenoxy) is 1. The highest BCUT2D eigenvalue weighted by molar-refractivity contribution is 6.36. The van der Waals surface area contributed by atoms with E-state index in [1.54, 1.807) is 0 Å². The van der Waals surface area contributed by atoms with E-state index in [-0.39, 0.29) is 45.9 Å². The highest BCUT2D eigenvalue weighted by Crippen LogP contribution is 2.35. The number of hydrogen-bond donors (Lipinski definition) is 3. The van der Waals surface area contributed by atoms with E-state index in [2.05, 4.69) is 20.3 Å². The topological polar surface area (TPSA) is 133 Å². The first kappa shape index (κ1) is 25.9. The van der Waals surface area contributed by atoms with Crippen molar-refractivity contribution in [3.8, 4) is 5.75 Å². The maximum absolute atomic E-state index is 13.4. The molecule has 0 fully saturated rings. The van der Waals surface area contributed by atoms with E-state index in [4.69, 9.17) is 27.2 Å². The molecule has 0 saturated heterocycles. The van der Waals surface area contributed by atoms with Crippen LogP contribution in [0.2, 0.25) is 5.02 Å². The van der Waals surface area contributed by atoms with E-state index in [1.165, 1.54) is 29.9 Å². The minimum absolute atomic E-state index is 0.0243. The van der Waals surface area contributed by atoms with E-state index in [0.717, 1.165) is 17.0 Å². The van der Waals surface area contributed by atoms with Crippen LogP contribution in [0.1, 0.15) is 11.3 Å². The number of aromatic nitrogens is 5. The molecular formula is C22H18ClF4N7O3. The SMILES string of the molecule is Cn1c(Nc2cc(C(F)(F)F)cn(CCO)c2=O)nc2ncc(OC(=CN)c3ccc(F)cn3)c(Cl)c21. The number of halogens is 5. The second kappa shape index (κ2) is 10.1. The Morgan fingerprint density at radius 3 is 2.68 bits per heavy atom. The zero-order valence-electron chi connectivity index (χ0n) is 18.9. The van der Waals surface area contributed by atoms with Crippen molar-refractivity contribution in [1.29, 1.82) is 0 Å². The molecule has 4 aromatic heterocycles. The summed E-state index contributed by atoms with van der Waals surface area (Å²) >= 11 is 6.52. The average molecular weight is 540 g/mol. The first-order chi connectivity index (χ1) is 17.5. The number of pyridine rings is 3. The number of fused-ring (bicyclic) bond motifs is 1. The Hall–Kier alpha value is -4.17. The Balaban J connectivity index is 1.73. The van der Waals surface area contributed by atoms with Gasteiger partial charge in [0.2, 0.25) is 5.95 Å². The summed E-state index contributed by atoms with van der Waals surface area (Å²) in [4.78, 5) is 24.9. The minimum Gasteiger partial charge on any atom is -0.450 e. The smallest absolute Gasteiger partial charge is 0.417 e. The normalized spacial score (nSPS) is 12.2. The molecule has 0 saturated carbocycles. The van der Waals surface area contributed by atoms with Crippen molar-refractivity contribution in [3.05, 3.63) is 75.4 Å². The van der Waals surface area contributed by atoms with Crippen LogP contribution in [-0.4, -0.2) is 35.8 Å². The van der Waals surface area contributed by atoms with E-state index >= 15 is 0 Å². The van der Waals surface area contributed by atoms with Gasteiger partial charge in [0.25, 0.3) is 5.56 Å². The largest absolute Gasteiger partial charge is 0.450 e. The summed E-state index contributed by atoms with van der Waals surface area (Å²) in [6.07, 6.45) is -0.792. The van der Waals surface area contributed by atoms with Gasteiger partial charge < -0.3 is 30.0 Å². The van der Waals surface area contributed by atoms with Crippen LogP contribution in [0.4, 0.5) is 29.2 Å². The number of aryl methyl sites for hydroxylation is 1. The summed E-state index contributed by atoms with van der Waals surface area (Å²) in [5.74, 6) is -0.503. The van der Waals surface area contributed by atoms with Crippen LogP contribution in [0.3, 0.4) is 0 Å². The number of aliphatic hydroxyl groups is 1. The van der Waals surface area contributed by atoms with Crippen molar-refractivity contribution in [2.45, 2.75) is 12.7 Å². The molecule has 4 heterocycles. The fourth-order valence-electron chi connectivity index (χ4n) is 3.38. The number of imidazole rings is 1. The second-order valence-electron chi connectivity index (χ2n) is 7.59. The molecular weight excluding hydrogens is 522 g/mol. The molecule has 0 bridgehead atoms. The van der Waals surface area contributed by atoms with Crippen LogP contribution in [0, 0.1) is 5.82 Å². The van der Waals surface area contributed by atoms with Crippen molar-refractivity contribution in [2.24, 2.45) is 12.8 Å². The number of hydrogen-bond acceptors (Lipinski definition) is 8. The van der Waals surface area contributed by atoms with E-state index in [9.17, 15) is 22.4 Å². The maximum atomic E-state index is 13.4. The van der Waals surface area contributed by atoms with Crippen molar-refractivity contribution in [1.82, 2.24) is 24.1 Å². The number of anilines is 2. The molecule has 10 nitrogen and oxygen atoms in total. The molecule has 0 spiro atoms. The lowest BCUT2D eigenvalue weighted by molar-refractivity contribution is -0.138. The first-order valence-corrected chi connectivity index (χ1v) is 10.8. The molecule has 0 unspecified atom stereocenters. The van der Waals surface area contributed by atoms with Gasteiger partial charge in [-0.1, -0.05) is 11.6 Å². The van der Waals surface area contributed by atoms with Crippen LogP contribution in [0.15, 0.2) is 47.8 Å². The lowest BCUT2D eigenvalue weighted by Crippen LogP contribution is -2.26. The Bertz CT molecular complexity index is 1550. The molecule has 37 heavy (non-hydrogen) atoms. The fraction of sp³-hybridized carbons (Fsp3) is 0.182. The molecule has 0 amide bonds. The number of nitrogens with zero attached hydrogens (tertiary/aromatic N) is 5. The van der Waals surface area contributed by atoms with E-state index < -0.39 is 35.4 Å². The van der Waals surface area contributed by atoms with Gasteiger partial charge in [0.05, 0.1) is 24.6 Å². The predicted molar refractivity (Wildman–Crippen MR) is 127 cm³/mol. The summed E-state index contributed by atoms with van der Waals surface area (Å²) < 4.78 is 61.2. The third kappa shape index (κ3) is 5.20. The Labute approximate surface area is 210 Å². The van der Waals surface area contributed by atoms with Crippen molar-refractivity contribution < 1.29 is 27.4 Å². The maximum Gasteiger partial charge on any atom is 0.417 e. The molecule has 0 aliphatic carbocycles. The third-order valence-electron chi connectivity index (χ3n) is 5.16. The molecule has 0 radical (unpaired) electrons. The summed E-state index contributed by atoms with van der Waals surface area (Å²) in [5.41, 5.74) is 3.85. The highest BCUT2D eigenvalue weighted by atomic mass is 35.5. The Kier molecular flexibility index (Phi) is 7.05. The minimum atomic E-state index is -4.74. The Morgan fingerprint density at radius 2 is 2.05 bits per heavy atom. The Morgan fingerprint density at radius 1 is 1.30 bits per heavy atom. The van der Waals surface area contributed by atoms with E-state index in [0.29, 0.717) is 12.3 Å². The lowest BCUT2D eigenvalue weighted by atomic mass is 10.2. The summed E-state index contributed by atoms with van der Waals surface area (Å²) in [6, 6.07) is 3.16. The number of nitrogens with one attached hydrogen (secondary N) is 1. The first-order valence-electron chi connectivity index (χ1n) is 10.5. The lowest BCUT2D eigenvalue weighted by Gasteiger charge is -2.14. The molecule has 4 rings (SSSR count). The van der Waals surface area contributed by atoms with Crippen molar-refractivity contribution >= 4 is 40.2 Å². The average Bonchev–Trinajstić information content (AvgIpc) is 3.17. The molecule has 4 N–H and O–H groups in total. The van der Waals surface area contributed by atoms with Crippen molar-refractivity contribution in [2.75, 3.05) is 11.9 Å². The van der Waals surface area contributed by atoms with Gasteiger partial charge in [-0.2, -0.15) is 18.2 Å². The molecule has 0 aliphatic heterocycles. The number of aliphatic hydroxyl groups excluding tert-OH is 1. The molecule has 4 aromatic rings. The molecule has 0 atom stereocenters. The van der Waals surface area contributed by atoms with Crippen LogP contribution in [0.5, 0.6) is 5.75 Å². The van der Waals surface area contributed by atoms with E-state index in [1.807, 2.05) is 0 Å². The van der Waals surface area contributed by atoms with Gasteiger partial charge in [0, 0.05) is 26.0 Å². The van der Waals surface area contributed by atoms with Crippen LogP contribution in [0.25, 0.3) is 16.9 Å². The number of alkyl halides is 3. The van der Waals surface area contributed by atoms with Gasteiger partial charge in [-0.25, -0.2) is 14.4 Å². The monoisotopic (exact) mass is 539 g/mol. The zero-order valence-corrected chi connectivity index (χ0v) is 19.7. The van der Waals surface area contributed by atoms with Gasteiger partial charge in [-0.05, 0) is 18.2 Å². The van der Waals surface area contributed by atoms with Gasteiger partial charge in [0.1, 0.15) is 27.7 Å². The van der Waals surface area contributed by atoms with Crippen LogP contribution >= 0.6 is 11.6 Å². The number of nitrogens with two attached hydrogens (primary N) is 1. The fourth-order valence-corrected chi connectivity index (χ4v) is 3.68.